The van der Waals surface area contributed by atoms with E-state index in [2.05, 4.69) is 5.32 Å². The first kappa shape index (κ1) is 21.4. The number of rotatable bonds is 4. The first-order valence-electron chi connectivity index (χ1n) is 9.48. The number of urea groups is 1. The van der Waals surface area contributed by atoms with Crippen molar-refractivity contribution < 1.29 is 26.8 Å². The molecule has 160 valence electrons. The molecule has 1 aromatic rings. The zero-order valence-electron chi connectivity index (χ0n) is 15.8. The van der Waals surface area contributed by atoms with Crippen molar-refractivity contribution in [2.75, 3.05) is 26.2 Å². The van der Waals surface area contributed by atoms with E-state index in [1.807, 2.05) is 0 Å². The van der Waals surface area contributed by atoms with Crippen molar-refractivity contribution in [3.63, 3.8) is 0 Å². The van der Waals surface area contributed by atoms with Crippen molar-refractivity contribution in [3.05, 3.63) is 29.8 Å². The highest BCUT2D eigenvalue weighted by Crippen LogP contribution is 2.27. The number of nitrogens with one attached hydrogen (secondary N) is 1. The molecule has 2 fully saturated rings. The van der Waals surface area contributed by atoms with Crippen LogP contribution in [0.15, 0.2) is 23.1 Å². The molecule has 0 unspecified atom stereocenters. The van der Waals surface area contributed by atoms with Gasteiger partial charge in [0.05, 0.1) is 4.90 Å². The van der Waals surface area contributed by atoms with Crippen LogP contribution in [0.5, 0.6) is 0 Å². The lowest BCUT2D eigenvalue weighted by Crippen LogP contribution is -2.52. The van der Waals surface area contributed by atoms with Crippen molar-refractivity contribution in [2.45, 2.75) is 36.6 Å². The van der Waals surface area contributed by atoms with E-state index in [0.717, 1.165) is 12.1 Å². The smallest absolute Gasteiger partial charge is 0.312 e. The Morgan fingerprint density at radius 2 is 1.62 bits per heavy atom. The lowest BCUT2D eigenvalue weighted by Gasteiger charge is -2.37. The Hall–Kier alpha value is -2.27. The highest BCUT2D eigenvalue weighted by molar-refractivity contribution is 7.89. The Labute approximate surface area is 168 Å². The van der Waals surface area contributed by atoms with Gasteiger partial charge >= 0.3 is 6.03 Å². The van der Waals surface area contributed by atoms with Crippen molar-refractivity contribution in [1.29, 1.82) is 0 Å². The van der Waals surface area contributed by atoms with Crippen LogP contribution in [0.25, 0.3) is 0 Å². The van der Waals surface area contributed by atoms with Crippen molar-refractivity contribution in [3.8, 4) is 0 Å². The zero-order valence-corrected chi connectivity index (χ0v) is 16.6. The summed E-state index contributed by atoms with van der Waals surface area (Å²) < 4.78 is 52.9. The first-order valence-corrected chi connectivity index (χ1v) is 10.9. The third kappa shape index (κ3) is 4.84. The Balaban J connectivity index is 1.55. The molecule has 0 radical (unpaired) electrons. The number of benzene rings is 1. The van der Waals surface area contributed by atoms with Crippen LogP contribution in [0.4, 0.5) is 13.6 Å². The number of sulfonamides is 1. The van der Waals surface area contributed by atoms with E-state index in [1.165, 1.54) is 4.31 Å². The number of primary amides is 1. The molecular formula is C18H24F2N4O4S. The average molecular weight is 430 g/mol. The minimum Gasteiger partial charge on any atom is -0.352 e. The minimum atomic E-state index is -3.96. The summed E-state index contributed by atoms with van der Waals surface area (Å²) in [5.41, 5.74) is 5.12. The maximum atomic E-state index is 13.4. The molecule has 0 bridgehead atoms. The molecule has 11 heteroatoms. The number of nitrogens with two attached hydrogens (primary N) is 1. The van der Waals surface area contributed by atoms with E-state index in [0.29, 0.717) is 31.7 Å². The van der Waals surface area contributed by atoms with Crippen LogP contribution in [-0.2, 0) is 14.8 Å². The Bertz CT molecular complexity index is 880. The Morgan fingerprint density at radius 1 is 1.00 bits per heavy atom. The number of hydrogen-bond donors (Lipinski definition) is 2. The quantitative estimate of drug-likeness (QED) is 0.743. The fourth-order valence-electron chi connectivity index (χ4n) is 3.88. The molecule has 1 heterocycles. The summed E-state index contributed by atoms with van der Waals surface area (Å²) in [7, 11) is -3.96. The van der Waals surface area contributed by atoms with Crippen molar-refractivity contribution in [1.82, 2.24) is 14.5 Å². The van der Waals surface area contributed by atoms with Crippen LogP contribution >= 0.6 is 0 Å². The Morgan fingerprint density at radius 3 is 2.17 bits per heavy atom. The molecule has 1 aliphatic carbocycles. The molecule has 8 nitrogen and oxygen atoms in total. The van der Waals surface area contributed by atoms with Crippen LogP contribution in [0.2, 0.25) is 0 Å². The standard InChI is InChI=1S/C18H24F2N4O4S/c19-15-6-5-14(11-16(15)20)29(27,28)24-9-7-23(8-10-24)17(25)12-1-3-13(4-2-12)22-18(21)26/h5-6,11-13H,1-4,7-10H2,(H3,21,22,26). The Kier molecular flexibility index (Phi) is 6.37. The molecule has 0 atom stereocenters. The average Bonchev–Trinajstić information content (AvgIpc) is 2.69. The molecule has 1 aliphatic heterocycles. The van der Waals surface area contributed by atoms with E-state index in [9.17, 15) is 26.8 Å². The maximum absolute atomic E-state index is 13.4. The van der Waals surface area contributed by atoms with Gasteiger partial charge in [-0.1, -0.05) is 0 Å². The predicted octanol–water partition coefficient (Wildman–Crippen LogP) is 1.02. The van der Waals surface area contributed by atoms with Gasteiger partial charge in [-0.05, 0) is 43.9 Å². The molecule has 0 aromatic heterocycles. The summed E-state index contributed by atoms with van der Waals surface area (Å²) in [5.74, 6) is -2.51. The highest BCUT2D eigenvalue weighted by Gasteiger charge is 2.34. The van der Waals surface area contributed by atoms with Gasteiger partial charge in [0.2, 0.25) is 15.9 Å². The van der Waals surface area contributed by atoms with E-state index >= 15 is 0 Å². The summed E-state index contributed by atoms with van der Waals surface area (Å²) in [6.45, 7) is 0.652. The largest absolute Gasteiger partial charge is 0.352 e. The number of carbonyl (C=O) groups excluding carboxylic acids is 2. The van der Waals surface area contributed by atoms with Gasteiger partial charge in [-0.2, -0.15) is 4.31 Å². The number of piperazine rings is 1. The molecule has 3 N–H and O–H groups in total. The lowest BCUT2D eigenvalue weighted by molar-refractivity contribution is -0.137. The van der Waals surface area contributed by atoms with Gasteiger partial charge in [-0.15, -0.1) is 0 Å². The fourth-order valence-corrected chi connectivity index (χ4v) is 5.31. The van der Waals surface area contributed by atoms with Gasteiger partial charge in [0.1, 0.15) is 0 Å². The molecular weight excluding hydrogens is 406 g/mol. The van der Waals surface area contributed by atoms with Crippen LogP contribution < -0.4 is 11.1 Å². The summed E-state index contributed by atoms with van der Waals surface area (Å²) in [6, 6.07) is 1.89. The third-order valence-corrected chi connectivity index (χ3v) is 7.40. The monoisotopic (exact) mass is 430 g/mol. The van der Waals surface area contributed by atoms with Gasteiger partial charge in [0, 0.05) is 38.1 Å². The SMILES string of the molecule is NC(=O)NC1CCC(C(=O)N2CCN(S(=O)(=O)c3ccc(F)c(F)c3)CC2)CC1. The first-order chi connectivity index (χ1) is 13.7. The van der Waals surface area contributed by atoms with Gasteiger partial charge in [-0.25, -0.2) is 22.0 Å². The van der Waals surface area contributed by atoms with E-state index in [1.54, 1.807) is 4.90 Å². The molecule has 3 amide bonds. The van der Waals surface area contributed by atoms with Crippen LogP contribution in [0.1, 0.15) is 25.7 Å². The predicted molar refractivity (Wildman–Crippen MR) is 100 cm³/mol. The van der Waals surface area contributed by atoms with E-state index in [4.69, 9.17) is 5.73 Å². The number of amides is 3. The fraction of sp³-hybridized carbons (Fsp3) is 0.556. The van der Waals surface area contributed by atoms with Crippen molar-refractivity contribution in [2.24, 2.45) is 11.7 Å². The van der Waals surface area contributed by atoms with Gasteiger partial charge in [-0.3, -0.25) is 4.79 Å². The molecule has 1 saturated heterocycles. The van der Waals surface area contributed by atoms with Gasteiger partial charge < -0.3 is 16.0 Å². The van der Waals surface area contributed by atoms with Crippen molar-refractivity contribution >= 4 is 22.0 Å². The zero-order chi connectivity index (χ0) is 21.2. The summed E-state index contributed by atoms with van der Waals surface area (Å²) in [6.07, 6.45) is 2.61. The highest BCUT2D eigenvalue weighted by atomic mass is 32.2. The topological polar surface area (TPSA) is 113 Å². The maximum Gasteiger partial charge on any atom is 0.312 e. The molecule has 1 aromatic carbocycles. The molecule has 0 spiro atoms. The van der Waals surface area contributed by atoms with E-state index in [-0.39, 0.29) is 48.9 Å². The van der Waals surface area contributed by atoms with Crippen LogP contribution in [-0.4, -0.2) is 61.8 Å². The molecule has 2 aliphatic rings. The number of halogens is 2. The molecule has 1 saturated carbocycles. The number of carbonyl (C=O) groups is 2. The summed E-state index contributed by atoms with van der Waals surface area (Å²) >= 11 is 0. The minimum absolute atomic E-state index is 0.0188. The lowest BCUT2D eigenvalue weighted by atomic mass is 9.85. The van der Waals surface area contributed by atoms with E-state index < -0.39 is 27.7 Å². The van der Waals surface area contributed by atoms with Crippen LogP contribution in [0, 0.1) is 17.6 Å². The second-order valence-electron chi connectivity index (χ2n) is 7.36. The van der Waals surface area contributed by atoms with Gasteiger partial charge in [0.25, 0.3) is 0 Å². The number of hydrogen-bond acceptors (Lipinski definition) is 4. The normalized spacial score (nSPS) is 23.6. The molecule has 29 heavy (non-hydrogen) atoms. The van der Waals surface area contributed by atoms with Crippen LogP contribution in [0.3, 0.4) is 0 Å². The third-order valence-electron chi connectivity index (χ3n) is 5.50. The summed E-state index contributed by atoms with van der Waals surface area (Å²) in [5, 5.41) is 2.66. The second kappa shape index (κ2) is 8.62. The second-order valence-corrected chi connectivity index (χ2v) is 9.30. The van der Waals surface area contributed by atoms with Gasteiger partial charge in [0.15, 0.2) is 11.6 Å². The molecule has 3 rings (SSSR count). The number of nitrogens with zero attached hydrogens (tertiary/aromatic N) is 2. The summed E-state index contributed by atoms with van der Waals surface area (Å²) in [4.78, 5) is 25.0.